The third-order valence-electron chi connectivity index (χ3n) is 6.26. The molecule has 214 valence electrons. The van der Waals surface area contributed by atoms with E-state index in [1.807, 2.05) is 6.92 Å². The molecule has 0 aliphatic carbocycles. The van der Waals surface area contributed by atoms with Crippen LogP contribution in [0.3, 0.4) is 0 Å². The minimum Gasteiger partial charge on any atom is -0.496 e. The average molecular weight is 597 g/mol. The predicted molar refractivity (Wildman–Crippen MR) is 156 cm³/mol. The highest BCUT2D eigenvalue weighted by molar-refractivity contribution is 7.86. The van der Waals surface area contributed by atoms with E-state index in [1.165, 1.54) is 31.6 Å². The summed E-state index contributed by atoms with van der Waals surface area (Å²) in [7, 11) is -3.21. The Morgan fingerprint density at radius 2 is 1.78 bits per heavy atom. The number of furan rings is 1. The van der Waals surface area contributed by atoms with Crippen molar-refractivity contribution in [2.75, 3.05) is 12.4 Å². The highest BCUT2D eigenvalue weighted by Crippen LogP contribution is 2.37. The Kier molecular flexibility index (Phi) is 9.49. The van der Waals surface area contributed by atoms with Gasteiger partial charge < -0.3 is 19.4 Å². The standard InChI is InChI=1S/C30H29ClN2O7S/c1-3-7-29(34)32-21-12-14-28(41(36,37)38)25(17-21)24-16-20(11-13-27(24)39-2)18-33(19-22-8-6-15-40-22)30(35)23-9-4-5-10-26(23)31/h4-6,8-17H,3,7,18-19H2,1-2H3,(H,32,34)(H,36,37,38). The normalized spacial score (nSPS) is 11.2. The molecule has 0 aliphatic rings. The highest BCUT2D eigenvalue weighted by Gasteiger charge is 2.23. The van der Waals surface area contributed by atoms with Gasteiger partial charge in [0.15, 0.2) is 0 Å². The molecule has 1 heterocycles. The van der Waals surface area contributed by atoms with E-state index in [9.17, 15) is 22.6 Å². The van der Waals surface area contributed by atoms with E-state index in [1.54, 1.807) is 59.5 Å². The molecule has 0 spiro atoms. The van der Waals surface area contributed by atoms with Gasteiger partial charge in [-0.05, 0) is 66.6 Å². The fraction of sp³-hybridized carbons (Fsp3) is 0.200. The van der Waals surface area contributed by atoms with Gasteiger partial charge in [-0.15, -0.1) is 0 Å². The van der Waals surface area contributed by atoms with E-state index < -0.39 is 10.1 Å². The fourth-order valence-corrected chi connectivity index (χ4v) is 5.28. The number of nitrogens with zero attached hydrogens (tertiary/aromatic N) is 1. The van der Waals surface area contributed by atoms with Crippen molar-refractivity contribution < 1.29 is 31.7 Å². The third kappa shape index (κ3) is 7.35. The minimum atomic E-state index is -4.65. The van der Waals surface area contributed by atoms with E-state index in [0.717, 1.165) is 0 Å². The summed E-state index contributed by atoms with van der Waals surface area (Å²) < 4.78 is 45.7. The molecule has 0 unspecified atom stereocenters. The van der Waals surface area contributed by atoms with E-state index in [-0.39, 0.29) is 35.4 Å². The van der Waals surface area contributed by atoms with Crippen LogP contribution in [0.4, 0.5) is 5.69 Å². The van der Waals surface area contributed by atoms with Crippen LogP contribution in [0, 0.1) is 0 Å². The van der Waals surface area contributed by atoms with Crippen molar-refractivity contribution >= 4 is 39.2 Å². The van der Waals surface area contributed by atoms with Crippen molar-refractivity contribution in [1.82, 2.24) is 4.90 Å². The first-order valence-electron chi connectivity index (χ1n) is 12.8. The number of hydrogen-bond donors (Lipinski definition) is 2. The van der Waals surface area contributed by atoms with Crippen LogP contribution >= 0.6 is 11.6 Å². The number of benzene rings is 3. The third-order valence-corrected chi connectivity index (χ3v) is 7.51. The van der Waals surface area contributed by atoms with Crippen molar-refractivity contribution in [1.29, 1.82) is 0 Å². The number of amides is 2. The van der Waals surface area contributed by atoms with Crippen LogP contribution in [0.1, 0.15) is 41.4 Å². The maximum Gasteiger partial charge on any atom is 0.295 e. The SMILES string of the molecule is CCCC(=O)Nc1ccc(S(=O)(=O)O)c(-c2cc(CN(Cc3ccco3)C(=O)c3ccccc3Cl)ccc2OC)c1. The molecule has 9 nitrogen and oxygen atoms in total. The summed E-state index contributed by atoms with van der Waals surface area (Å²) in [5, 5.41) is 3.05. The lowest BCUT2D eigenvalue weighted by atomic mass is 10.0. The van der Waals surface area contributed by atoms with Crippen molar-refractivity contribution in [3.05, 3.63) is 101 Å². The smallest absolute Gasteiger partial charge is 0.295 e. The Morgan fingerprint density at radius 3 is 2.44 bits per heavy atom. The summed E-state index contributed by atoms with van der Waals surface area (Å²) in [4.78, 5) is 27.0. The van der Waals surface area contributed by atoms with E-state index in [0.29, 0.717) is 51.8 Å². The van der Waals surface area contributed by atoms with Crippen molar-refractivity contribution in [2.45, 2.75) is 37.8 Å². The second-order valence-corrected chi connectivity index (χ2v) is 11.0. The summed E-state index contributed by atoms with van der Waals surface area (Å²) in [5.74, 6) is 0.322. The first kappa shape index (κ1) is 29.9. The quantitative estimate of drug-likeness (QED) is 0.191. The molecule has 0 saturated carbocycles. The number of halogens is 1. The molecule has 11 heteroatoms. The number of anilines is 1. The van der Waals surface area contributed by atoms with Gasteiger partial charge in [0.2, 0.25) is 5.91 Å². The highest BCUT2D eigenvalue weighted by atomic mass is 35.5. The average Bonchev–Trinajstić information content (AvgIpc) is 3.45. The maximum atomic E-state index is 13.6. The van der Waals surface area contributed by atoms with Crippen LogP contribution < -0.4 is 10.1 Å². The summed E-state index contributed by atoms with van der Waals surface area (Å²) in [5.41, 5.74) is 1.77. The lowest BCUT2D eigenvalue weighted by molar-refractivity contribution is -0.116. The zero-order chi connectivity index (χ0) is 29.6. The van der Waals surface area contributed by atoms with E-state index in [2.05, 4.69) is 5.32 Å². The first-order valence-corrected chi connectivity index (χ1v) is 14.6. The van der Waals surface area contributed by atoms with Crippen molar-refractivity contribution in [3.8, 4) is 16.9 Å². The molecular formula is C30H29ClN2O7S. The number of ether oxygens (including phenoxy) is 1. The van der Waals surface area contributed by atoms with Gasteiger partial charge in [-0.1, -0.05) is 36.7 Å². The summed E-state index contributed by atoms with van der Waals surface area (Å²) in [6, 6.07) is 19.4. The Labute approximate surface area is 243 Å². The molecular weight excluding hydrogens is 568 g/mol. The zero-order valence-corrected chi connectivity index (χ0v) is 24.0. The molecule has 0 radical (unpaired) electrons. The predicted octanol–water partition coefficient (Wildman–Crippen LogP) is 6.44. The molecule has 0 atom stereocenters. The minimum absolute atomic E-state index is 0.107. The van der Waals surface area contributed by atoms with Gasteiger partial charge in [0.25, 0.3) is 16.0 Å². The van der Waals surface area contributed by atoms with Crippen molar-refractivity contribution in [2.24, 2.45) is 0 Å². The van der Waals surface area contributed by atoms with Gasteiger partial charge in [0.05, 0.1) is 30.5 Å². The first-order chi connectivity index (χ1) is 19.6. The van der Waals surface area contributed by atoms with Crippen LogP contribution in [-0.4, -0.2) is 36.8 Å². The van der Waals surface area contributed by atoms with Gasteiger partial charge >= 0.3 is 0 Å². The molecule has 2 N–H and O–H groups in total. The van der Waals surface area contributed by atoms with Gasteiger partial charge in [0.1, 0.15) is 16.4 Å². The molecule has 0 saturated heterocycles. The molecule has 0 fully saturated rings. The van der Waals surface area contributed by atoms with Gasteiger partial charge in [-0.2, -0.15) is 8.42 Å². The Hall–Kier alpha value is -4.12. The molecule has 41 heavy (non-hydrogen) atoms. The topological polar surface area (TPSA) is 126 Å². The monoisotopic (exact) mass is 596 g/mol. The van der Waals surface area contributed by atoms with E-state index >= 15 is 0 Å². The molecule has 0 bridgehead atoms. The second-order valence-electron chi connectivity index (χ2n) is 9.24. The molecule has 2 amide bonds. The largest absolute Gasteiger partial charge is 0.496 e. The van der Waals surface area contributed by atoms with Crippen molar-refractivity contribution in [3.63, 3.8) is 0 Å². The van der Waals surface area contributed by atoms with Crippen LogP contribution in [0.25, 0.3) is 11.1 Å². The molecule has 1 aromatic heterocycles. The Bertz CT molecular complexity index is 1650. The molecule has 4 aromatic rings. The zero-order valence-electron chi connectivity index (χ0n) is 22.5. The van der Waals surface area contributed by atoms with Crippen LogP contribution in [0.15, 0.2) is 88.4 Å². The van der Waals surface area contributed by atoms with Crippen LogP contribution in [0.2, 0.25) is 5.02 Å². The number of carbonyl (C=O) groups is 2. The summed E-state index contributed by atoms with van der Waals surface area (Å²) in [6.45, 7) is 2.12. The second kappa shape index (κ2) is 13.0. The summed E-state index contributed by atoms with van der Waals surface area (Å²) >= 11 is 6.33. The summed E-state index contributed by atoms with van der Waals surface area (Å²) in [6.07, 6.45) is 2.44. The molecule has 0 aliphatic heterocycles. The van der Waals surface area contributed by atoms with Crippen LogP contribution in [0.5, 0.6) is 5.75 Å². The number of methoxy groups -OCH3 is 1. The van der Waals surface area contributed by atoms with Gasteiger partial charge in [-0.3, -0.25) is 14.1 Å². The fourth-order valence-electron chi connectivity index (χ4n) is 4.37. The molecule has 4 rings (SSSR count). The molecule has 3 aromatic carbocycles. The van der Waals surface area contributed by atoms with Crippen LogP contribution in [-0.2, 0) is 28.0 Å². The van der Waals surface area contributed by atoms with Gasteiger partial charge in [0, 0.05) is 29.8 Å². The lowest BCUT2D eigenvalue weighted by Gasteiger charge is -2.23. The van der Waals surface area contributed by atoms with E-state index in [4.69, 9.17) is 20.8 Å². The number of hydrogen-bond acceptors (Lipinski definition) is 6. The number of carbonyl (C=O) groups excluding carboxylic acids is 2. The van der Waals surface area contributed by atoms with Gasteiger partial charge in [-0.25, -0.2) is 0 Å². The lowest BCUT2D eigenvalue weighted by Crippen LogP contribution is -2.30. The number of rotatable bonds is 11. The Balaban J connectivity index is 1.78. The maximum absolute atomic E-state index is 13.6. The number of nitrogens with one attached hydrogen (secondary N) is 1. The Morgan fingerprint density at radius 1 is 1.00 bits per heavy atom.